The van der Waals surface area contributed by atoms with E-state index >= 15 is 0 Å². The predicted octanol–water partition coefficient (Wildman–Crippen LogP) is 2.26. The van der Waals surface area contributed by atoms with Crippen LogP contribution in [0.1, 0.15) is 19.4 Å². The zero-order valence-corrected chi connectivity index (χ0v) is 12.5. The minimum atomic E-state index is -0.733. The van der Waals surface area contributed by atoms with Crippen molar-refractivity contribution in [3.63, 3.8) is 0 Å². The maximum Gasteiger partial charge on any atom is 0.349 e. The topological polar surface area (TPSA) is 61.8 Å². The molecule has 1 aromatic rings. The van der Waals surface area contributed by atoms with Crippen LogP contribution in [0.2, 0.25) is 0 Å². The summed E-state index contributed by atoms with van der Waals surface area (Å²) in [5.41, 5.74) is 0.727. The van der Waals surface area contributed by atoms with Crippen molar-refractivity contribution >= 4 is 11.9 Å². The second kappa shape index (κ2) is 8.79. The Morgan fingerprint density at radius 2 is 1.48 bits per heavy atom. The standard InChI is InChI=1S/C16H20O5/c1-4-20-15(17)14(16(18)21-5-2)13(19-3)11-12-9-7-6-8-10-12/h6-10H,4-5,11H2,1-3H3. The van der Waals surface area contributed by atoms with E-state index in [9.17, 15) is 9.59 Å². The Bertz CT molecular complexity index is 485. The van der Waals surface area contributed by atoms with Crippen molar-refractivity contribution in [2.45, 2.75) is 20.3 Å². The molecule has 0 atom stereocenters. The van der Waals surface area contributed by atoms with E-state index < -0.39 is 11.9 Å². The quantitative estimate of drug-likeness (QED) is 0.254. The van der Waals surface area contributed by atoms with Crippen molar-refractivity contribution in [3.8, 4) is 0 Å². The SMILES string of the molecule is CCOC(=O)C(C(=O)OCC)=C(Cc1ccccc1)OC. The summed E-state index contributed by atoms with van der Waals surface area (Å²) in [6, 6.07) is 9.39. The van der Waals surface area contributed by atoms with Gasteiger partial charge >= 0.3 is 11.9 Å². The summed E-state index contributed by atoms with van der Waals surface area (Å²) in [5.74, 6) is -1.23. The molecular formula is C16H20O5. The lowest BCUT2D eigenvalue weighted by Gasteiger charge is -2.12. The van der Waals surface area contributed by atoms with E-state index in [-0.39, 0.29) is 24.5 Å². The molecule has 0 fully saturated rings. The lowest BCUT2D eigenvalue weighted by Crippen LogP contribution is -2.21. The number of carbonyl (C=O) groups excluding carboxylic acids is 2. The number of methoxy groups -OCH3 is 1. The van der Waals surface area contributed by atoms with Crippen molar-refractivity contribution < 1.29 is 23.8 Å². The van der Waals surface area contributed by atoms with Gasteiger partial charge < -0.3 is 14.2 Å². The maximum atomic E-state index is 12.0. The van der Waals surface area contributed by atoms with Crippen LogP contribution in [0.15, 0.2) is 41.7 Å². The van der Waals surface area contributed by atoms with Gasteiger partial charge in [0.2, 0.25) is 0 Å². The van der Waals surface area contributed by atoms with E-state index in [4.69, 9.17) is 14.2 Å². The largest absolute Gasteiger partial charge is 0.500 e. The van der Waals surface area contributed by atoms with E-state index in [1.807, 2.05) is 30.3 Å². The normalized spacial score (nSPS) is 9.67. The summed E-state index contributed by atoms with van der Waals surface area (Å²) in [6.07, 6.45) is 0.310. The number of carbonyl (C=O) groups is 2. The van der Waals surface area contributed by atoms with Crippen LogP contribution in [-0.4, -0.2) is 32.3 Å². The van der Waals surface area contributed by atoms with Gasteiger partial charge in [0, 0.05) is 6.42 Å². The van der Waals surface area contributed by atoms with Gasteiger partial charge in [-0.1, -0.05) is 30.3 Å². The first-order valence-electron chi connectivity index (χ1n) is 6.79. The van der Waals surface area contributed by atoms with Gasteiger partial charge in [-0.05, 0) is 19.4 Å². The lowest BCUT2D eigenvalue weighted by atomic mass is 10.1. The summed E-state index contributed by atoms with van der Waals surface area (Å²) in [5, 5.41) is 0. The molecule has 114 valence electrons. The monoisotopic (exact) mass is 292 g/mol. The molecule has 0 aromatic heterocycles. The first-order chi connectivity index (χ1) is 10.1. The maximum absolute atomic E-state index is 12.0. The van der Waals surface area contributed by atoms with Crippen molar-refractivity contribution in [1.29, 1.82) is 0 Å². The molecule has 0 aliphatic rings. The molecule has 21 heavy (non-hydrogen) atoms. The molecule has 0 aliphatic heterocycles. The van der Waals surface area contributed by atoms with Crippen LogP contribution in [0, 0.1) is 0 Å². The van der Waals surface area contributed by atoms with Gasteiger partial charge in [0.05, 0.1) is 20.3 Å². The van der Waals surface area contributed by atoms with Crippen LogP contribution in [0.4, 0.5) is 0 Å². The van der Waals surface area contributed by atoms with E-state index in [1.165, 1.54) is 7.11 Å². The van der Waals surface area contributed by atoms with Crippen LogP contribution in [0.3, 0.4) is 0 Å². The van der Waals surface area contributed by atoms with Crippen molar-refractivity contribution in [1.82, 2.24) is 0 Å². The van der Waals surface area contributed by atoms with Gasteiger partial charge in [-0.3, -0.25) is 0 Å². The van der Waals surface area contributed by atoms with Gasteiger partial charge in [-0.25, -0.2) is 9.59 Å². The van der Waals surface area contributed by atoms with E-state index in [2.05, 4.69) is 0 Å². The minimum absolute atomic E-state index is 0.171. The van der Waals surface area contributed by atoms with E-state index in [0.717, 1.165) is 5.56 Å². The van der Waals surface area contributed by atoms with Crippen LogP contribution in [0.25, 0.3) is 0 Å². The van der Waals surface area contributed by atoms with Gasteiger partial charge in [0.15, 0.2) is 5.57 Å². The van der Waals surface area contributed by atoms with Crippen molar-refractivity contribution in [3.05, 3.63) is 47.2 Å². The molecule has 0 saturated heterocycles. The molecule has 0 radical (unpaired) electrons. The van der Waals surface area contributed by atoms with Gasteiger partial charge in [0.1, 0.15) is 5.76 Å². The zero-order chi connectivity index (χ0) is 15.7. The number of hydrogen-bond acceptors (Lipinski definition) is 5. The predicted molar refractivity (Wildman–Crippen MR) is 77.4 cm³/mol. The first kappa shape index (κ1) is 16.8. The fraction of sp³-hybridized carbons (Fsp3) is 0.375. The highest BCUT2D eigenvalue weighted by molar-refractivity contribution is 6.14. The van der Waals surface area contributed by atoms with E-state index in [1.54, 1.807) is 13.8 Å². The Labute approximate surface area is 124 Å². The van der Waals surface area contributed by atoms with Crippen LogP contribution < -0.4 is 0 Å². The van der Waals surface area contributed by atoms with E-state index in [0.29, 0.717) is 6.42 Å². The third kappa shape index (κ3) is 4.95. The minimum Gasteiger partial charge on any atom is -0.500 e. The third-order valence-corrected chi connectivity index (χ3v) is 2.69. The zero-order valence-electron chi connectivity index (χ0n) is 12.5. The Morgan fingerprint density at radius 1 is 0.952 bits per heavy atom. The smallest absolute Gasteiger partial charge is 0.349 e. The lowest BCUT2D eigenvalue weighted by molar-refractivity contribution is -0.147. The molecular weight excluding hydrogens is 272 g/mol. The van der Waals surface area contributed by atoms with Gasteiger partial charge in [0.25, 0.3) is 0 Å². The molecule has 1 rings (SSSR count). The summed E-state index contributed by atoms with van der Waals surface area (Å²) < 4.78 is 15.1. The number of benzene rings is 1. The highest BCUT2D eigenvalue weighted by Gasteiger charge is 2.27. The highest BCUT2D eigenvalue weighted by atomic mass is 16.6. The Balaban J connectivity index is 3.14. The molecule has 1 aromatic carbocycles. The molecule has 0 amide bonds. The van der Waals surface area contributed by atoms with Crippen molar-refractivity contribution in [2.24, 2.45) is 0 Å². The third-order valence-electron chi connectivity index (χ3n) is 2.69. The molecule has 0 saturated carbocycles. The number of ether oxygens (including phenoxy) is 3. The number of esters is 2. The molecule has 0 bridgehead atoms. The fourth-order valence-corrected chi connectivity index (χ4v) is 1.76. The van der Waals surface area contributed by atoms with Crippen LogP contribution >= 0.6 is 0 Å². The molecule has 0 heterocycles. The average Bonchev–Trinajstić information content (AvgIpc) is 2.48. The molecule has 5 nitrogen and oxygen atoms in total. The second-order valence-electron chi connectivity index (χ2n) is 4.11. The highest BCUT2D eigenvalue weighted by Crippen LogP contribution is 2.16. The summed E-state index contributed by atoms with van der Waals surface area (Å²) in [7, 11) is 1.41. The Hall–Kier alpha value is -2.30. The fourth-order valence-electron chi connectivity index (χ4n) is 1.76. The molecule has 0 aliphatic carbocycles. The van der Waals surface area contributed by atoms with Crippen LogP contribution in [-0.2, 0) is 30.2 Å². The molecule has 0 spiro atoms. The molecule has 0 N–H and O–H groups in total. The number of allylic oxidation sites excluding steroid dienone is 1. The number of rotatable bonds is 7. The molecule has 0 unspecified atom stereocenters. The van der Waals surface area contributed by atoms with Gasteiger partial charge in [-0.15, -0.1) is 0 Å². The summed E-state index contributed by atoms with van der Waals surface area (Å²) in [6.45, 7) is 3.68. The second-order valence-corrected chi connectivity index (χ2v) is 4.11. The first-order valence-corrected chi connectivity index (χ1v) is 6.79. The summed E-state index contributed by atoms with van der Waals surface area (Å²) >= 11 is 0. The molecule has 5 heteroatoms. The Kier molecular flexibility index (Phi) is 7.01. The Morgan fingerprint density at radius 3 is 1.90 bits per heavy atom. The van der Waals surface area contributed by atoms with Gasteiger partial charge in [-0.2, -0.15) is 0 Å². The summed E-state index contributed by atoms with van der Waals surface area (Å²) in [4.78, 5) is 24.0. The number of hydrogen-bond donors (Lipinski definition) is 0. The van der Waals surface area contributed by atoms with Crippen molar-refractivity contribution in [2.75, 3.05) is 20.3 Å². The average molecular weight is 292 g/mol. The van der Waals surface area contributed by atoms with Crippen LogP contribution in [0.5, 0.6) is 0 Å².